The van der Waals surface area contributed by atoms with Crippen LogP contribution in [0.3, 0.4) is 0 Å². The van der Waals surface area contributed by atoms with Crippen LogP contribution in [0.25, 0.3) is 0 Å². The van der Waals surface area contributed by atoms with Crippen molar-refractivity contribution in [3.05, 3.63) is 58.1 Å². The molecule has 2 aliphatic heterocycles. The Morgan fingerprint density at radius 2 is 1.92 bits per heavy atom. The Bertz CT molecular complexity index is 882. The van der Waals surface area contributed by atoms with Gasteiger partial charge in [0.1, 0.15) is 5.37 Å². The Kier molecular flexibility index (Phi) is 3.40. The second-order valence-electron chi connectivity index (χ2n) is 6.26. The number of amides is 1. The van der Waals surface area contributed by atoms with E-state index in [1.54, 1.807) is 34.5 Å². The Balaban J connectivity index is 1.90. The summed E-state index contributed by atoms with van der Waals surface area (Å²) in [6, 6.07) is 12.4. The molecule has 4 rings (SSSR count). The van der Waals surface area contributed by atoms with Crippen LogP contribution in [0.1, 0.15) is 24.2 Å². The number of thioether (sulfide) groups is 2. The van der Waals surface area contributed by atoms with Crippen molar-refractivity contribution in [2.75, 3.05) is 4.90 Å². The summed E-state index contributed by atoms with van der Waals surface area (Å²) in [4.78, 5) is 27.4. The standard InChI is InChI=1S/C17H14N2O3S2/c1-17(2)16-18(12-5-3-4-6-14(12)24-17)15(20)11-9-10(19(21)22)7-8-13(11)23-16/h3-9,16H,1-2H3. The topological polar surface area (TPSA) is 63.5 Å². The van der Waals surface area contributed by atoms with Crippen LogP contribution in [0.15, 0.2) is 52.3 Å². The molecule has 0 saturated heterocycles. The van der Waals surface area contributed by atoms with Crippen LogP contribution >= 0.6 is 23.5 Å². The Morgan fingerprint density at radius 1 is 1.17 bits per heavy atom. The molecule has 2 aromatic carbocycles. The predicted molar refractivity (Wildman–Crippen MR) is 95.9 cm³/mol. The highest BCUT2D eigenvalue weighted by molar-refractivity contribution is 8.04. The Morgan fingerprint density at radius 3 is 2.67 bits per heavy atom. The molecule has 2 aliphatic rings. The third kappa shape index (κ3) is 2.22. The largest absolute Gasteiger partial charge is 0.293 e. The first-order chi connectivity index (χ1) is 11.4. The quantitative estimate of drug-likeness (QED) is 0.552. The highest BCUT2D eigenvalue weighted by atomic mass is 32.2. The lowest BCUT2D eigenvalue weighted by atomic mass is 10.1. The summed E-state index contributed by atoms with van der Waals surface area (Å²) in [5.41, 5.74) is 1.23. The number of anilines is 1. The summed E-state index contributed by atoms with van der Waals surface area (Å²) in [6.07, 6.45) is 0. The van der Waals surface area contributed by atoms with Crippen molar-refractivity contribution in [2.45, 2.75) is 33.8 Å². The van der Waals surface area contributed by atoms with Crippen LogP contribution in [0.2, 0.25) is 0 Å². The van der Waals surface area contributed by atoms with Gasteiger partial charge in [-0.15, -0.1) is 11.8 Å². The van der Waals surface area contributed by atoms with Crippen LogP contribution in [0, 0.1) is 10.1 Å². The summed E-state index contributed by atoms with van der Waals surface area (Å²) in [6.45, 7) is 4.25. The van der Waals surface area contributed by atoms with Crippen LogP contribution in [-0.2, 0) is 0 Å². The maximum Gasteiger partial charge on any atom is 0.270 e. The molecule has 1 unspecified atom stereocenters. The average Bonchev–Trinajstić information content (AvgIpc) is 2.54. The predicted octanol–water partition coefficient (Wildman–Crippen LogP) is 4.56. The van der Waals surface area contributed by atoms with Crippen molar-refractivity contribution in [3.8, 4) is 0 Å². The minimum Gasteiger partial charge on any atom is -0.293 e. The lowest BCUT2D eigenvalue weighted by molar-refractivity contribution is -0.384. The summed E-state index contributed by atoms with van der Waals surface area (Å²) in [5.74, 6) is -0.168. The van der Waals surface area contributed by atoms with E-state index in [4.69, 9.17) is 0 Å². The lowest BCUT2D eigenvalue weighted by Crippen LogP contribution is -2.53. The van der Waals surface area contributed by atoms with Gasteiger partial charge in [-0.05, 0) is 32.0 Å². The van der Waals surface area contributed by atoms with E-state index in [0.717, 1.165) is 15.5 Å². The van der Waals surface area contributed by atoms with E-state index in [1.807, 2.05) is 24.3 Å². The van der Waals surface area contributed by atoms with Crippen LogP contribution in [0.5, 0.6) is 0 Å². The first-order valence-corrected chi connectivity index (χ1v) is 9.15. The van der Waals surface area contributed by atoms with Gasteiger partial charge in [0.15, 0.2) is 0 Å². The van der Waals surface area contributed by atoms with Gasteiger partial charge in [0, 0.05) is 26.7 Å². The molecule has 122 valence electrons. The van der Waals surface area contributed by atoms with Crippen LogP contribution < -0.4 is 4.90 Å². The van der Waals surface area contributed by atoms with Crippen molar-refractivity contribution in [3.63, 3.8) is 0 Å². The smallest absolute Gasteiger partial charge is 0.270 e. The second kappa shape index (κ2) is 5.26. The van der Waals surface area contributed by atoms with Crippen LogP contribution in [-0.4, -0.2) is 21.0 Å². The second-order valence-corrected chi connectivity index (χ2v) is 9.07. The number of nitro benzene ring substituents is 1. The molecule has 0 radical (unpaired) electrons. The van der Waals surface area contributed by atoms with E-state index in [1.165, 1.54) is 12.1 Å². The van der Waals surface area contributed by atoms with Gasteiger partial charge in [-0.2, -0.15) is 0 Å². The van der Waals surface area contributed by atoms with Gasteiger partial charge in [0.2, 0.25) is 0 Å². The normalized spacial score (nSPS) is 20.8. The number of benzene rings is 2. The molecule has 24 heavy (non-hydrogen) atoms. The van der Waals surface area contributed by atoms with Gasteiger partial charge in [-0.25, -0.2) is 0 Å². The van der Waals surface area contributed by atoms with Crippen molar-refractivity contribution >= 4 is 40.8 Å². The number of non-ortho nitro benzene ring substituents is 1. The minimum absolute atomic E-state index is 0.0555. The maximum atomic E-state index is 13.2. The number of hydrogen-bond donors (Lipinski definition) is 0. The number of para-hydroxylation sites is 1. The first-order valence-electron chi connectivity index (χ1n) is 7.45. The zero-order valence-corrected chi connectivity index (χ0v) is 14.7. The van der Waals surface area contributed by atoms with Gasteiger partial charge < -0.3 is 0 Å². The van der Waals surface area contributed by atoms with Crippen LogP contribution in [0.4, 0.5) is 11.4 Å². The number of carbonyl (C=O) groups is 1. The molecule has 2 heterocycles. The van der Waals surface area contributed by atoms with Crippen molar-refractivity contribution in [1.82, 2.24) is 0 Å². The fraction of sp³-hybridized carbons (Fsp3) is 0.235. The van der Waals surface area contributed by atoms with Gasteiger partial charge in [-0.1, -0.05) is 23.9 Å². The number of hydrogen-bond acceptors (Lipinski definition) is 5. The van der Waals surface area contributed by atoms with E-state index in [2.05, 4.69) is 13.8 Å². The number of fused-ring (bicyclic) bond motifs is 4. The highest BCUT2D eigenvalue weighted by Gasteiger charge is 2.47. The molecular formula is C17H14N2O3S2. The monoisotopic (exact) mass is 358 g/mol. The summed E-state index contributed by atoms with van der Waals surface area (Å²) in [5, 5.41) is 11.0. The fourth-order valence-corrected chi connectivity index (χ4v) is 5.81. The molecular weight excluding hydrogens is 344 g/mol. The van der Waals surface area contributed by atoms with Crippen molar-refractivity contribution < 1.29 is 9.72 Å². The molecule has 0 bridgehead atoms. The number of nitrogens with zero attached hydrogens (tertiary/aromatic N) is 2. The van der Waals surface area contributed by atoms with E-state index < -0.39 is 4.92 Å². The molecule has 0 fully saturated rings. The zero-order valence-electron chi connectivity index (χ0n) is 13.1. The molecule has 0 saturated carbocycles. The Labute approximate surface area is 147 Å². The summed E-state index contributed by atoms with van der Waals surface area (Å²) >= 11 is 3.36. The van der Waals surface area contributed by atoms with E-state index in [9.17, 15) is 14.9 Å². The summed E-state index contributed by atoms with van der Waals surface area (Å²) in [7, 11) is 0. The minimum atomic E-state index is -0.464. The molecule has 5 nitrogen and oxygen atoms in total. The number of carbonyl (C=O) groups excluding carboxylic acids is 1. The first kappa shape index (κ1) is 15.5. The molecule has 0 aromatic heterocycles. The van der Waals surface area contributed by atoms with Gasteiger partial charge in [0.25, 0.3) is 11.6 Å². The number of nitro groups is 1. The third-order valence-corrected chi connectivity index (χ3v) is 7.29. The zero-order chi connectivity index (χ0) is 17.1. The molecule has 0 N–H and O–H groups in total. The number of rotatable bonds is 1. The molecule has 1 amide bonds. The van der Waals surface area contributed by atoms with Gasteiger partial charge in [-0.3, -0.25) is 19.8 Å². The molecule has 1 atom stereocenters. The summed E-state index contributed by atoms with van der Waals surface area (Å²) < 4.78 is -0.172. The molecule has 7 heteroatoms. The van der Waals surface area contributed by atoms with Crippen molar-refractivity contribution in [1.29, 1.82) is 0 Å². The molecule has 0 aliphatic carbocycles. The third-order valence-electron chi connectivity index (χ3n) is 4.19. The fourth-order valence-electron chi connectivity index (χ4n) is 3.08. The van der Waals surface area contributed by atoms with Gasteiger partial charge >= 0.3 is 0 Å². The molecule has 2 aromatic rings. The van der Waals surface area contributed by atoms with E-state index in [-0.39, 0.29) is 21.7 Å². The maximum absolute atomic E-state index is 13.2. The highest BCUT2D eigenvalue weighted by Crippen LogP contribution is 2.55. The van der Waals surface area contributed by atoms with E-state index in [0.29, 0.717) is 5.56 Å². The average molecular weight is 358 g/mol. The lowest BCUT2D eigenvalue weighted by Gasteiger charge is -2.48. The molecule has 0 spiro atoms. The van der Waals surface area contributed by atoms with Gasteiger partial charge in [0.05, 0.1) is 16.2 Å². The Hall–Kier alpha value is -1.99. The SMILES string of the molecule is CC1(C)Sc2ccccc2N2C(=O)c3cc([N+](=O)[O-])ccc3SC21. The van der Waals surface area contributed by atoms with Crippen molar-refractivity contribution in [2.24, 2.45) is 0 Å². The van der Waals surface area contributed by atoms with E-state index >= 15 is 0 Å².